The maximum atomic E-state index is 10.6. The first-order chi connectivity index (χ1) is 13.7. The van der Waals surface area contributed by atoms with Crippen LogP contribution in [0.1, 0.15) is 18.4 Å². The minimum absolute atomic E-state index is 0.166. The number of hydrogen-bond acceptors (Lipinski definition) is 5. The van der Waals surface area contributed by atoms with Crippen LogP contribution in [-0.4, -0.2) is 29.1 Å². The fourth-order valence-electron chi connectivity index (χ4n) is 3.12. The van der Waals surface area contributed by atoms with Gasteiger partial charge in [-0.15, -0.1) is 11.3 Å². The van der Waals surface area contributed by atoms with Gasteiger partial charge in [0, 0.05) is 22.7 Å². The third-order valence-corrected chi connectivity index (χ3v) is 5.35. The molecule has 0 radical (unpaired) electrons. The van der Waals surface area contributed by atoms with Gasteiger partial charge in [0.25, 0.3) is 0 Å². The van der Waals surface area contributed by atoms with Crippen molar-refractivity contribution in [1.82, 2.24) is 4.98 Å². The number of hydrogen-bond donors (Lipinski definition) is 2. The van der Waals surface area contributed by atoms with Gasteiger partial charge in [-0.1, -0.05) is 43.3 Å². The van der Waals surface area contributed by atoms with Crippen molar-refractivity contribution in [3.8, 4) is 17.0 Å². The molecule has 2 N–H and O–H groups in total. The molecule has 0 atom stereocenters. The van der Waals surface area contributed by atoms with Gasteiger partial charge in [-0.2, -0.15) is 0 Å². The van der Waals surface area contributed by atoms with E-state index in [9.17, 15) is 5.11 Å². The van der Waals surface area contributed by atoms with Crippen LogP contribution in [0.5, 0.6) is 5.75 Å². The van der Waals surface area contributed by atoms with E-state index in [1.165, 1.54) is 11.3 Å². The Bertz CT molecular complexity index is 1030. The summed E-state index contributed by atoms with van der Waals surface area (Å²) < 4.78 is 5.70. The highest BCUT2D eigenvalue weighted by molar-refractivity contribution is 7.11. The number of aromatic nitrogens is 1. The first kappa shape index (κ1) is 18.3. The van der Waals surface area contributed by atoms with Gasteiger partial charge >= 0.3 is 0 Å². The Balaban J connectivity index is 1.59. The molecule has 0 saturated carbocycles. The van der Waals surface area contributed by atoms with Gasteiger partial charge in [-0.05, 0) is 18.6 Å². The van der Waals surface area contributed by atoms with Crippen LogP contribution in [0.3, 0.4) is 0 Å². The quantitative estimate of drug-likeness (QED) is 0.593. The largest absolute Gasteiger partial charge is 0.510 e. The molecule has 2 aromatic carbocycles. The molecule has 0 fully saturated rings. The number of nitrogens with one attached hydrogen (secondary N) is 1. The summed E-state index contributed by atoms with van der Waals surface area (Å²) in [5, 5.41) is 21.8. The summed E-state index contributed by atoms with van der Waals surface area (Å²) in [7, 11) is 0. The number of nitrogens with zero attached hydrogens (tertiary/aromatic N) is 2. The summed E-state index contributed by atoms with van der Waals surface area (Å²) >= 11 is 1.44. The Labute approximate surface area is 168 Å². The summed E-state index contributed by atoms with van der Waals surface area (Å²) in [6.07, 6.45) is 0.935. The highest BCUT2D eigenvalue weighted by Crippen LogP contribution is 2.35. The second-order valence-electron chi connectivity index (χ2n) is 6.51. The molecule has 3 aromatic rings. The molecule has 28 heavy (non-hydrogen) atoms. The van der Waals surface area contributed by atoms with Crippen LogP contribution in [0.25, 0.3) is 16.8 Å². The van der Waals surface area contributed by atoms with Gasteiger partial charge < -0.3 is 14.7 Å². The van der Waals surface area contributed by atoms with Gasteiger partial charge in [-0.3, -0.25) is 5.41 Å². The van der Waals surface area contributed by atoms with Crippen molar-refractivity contribution in [2.24, 2.45) is 0 Å². The first-order valence-electron chi connectivity index (χ1n) is 9.20. The molecule has 4 rings (SSSR count). The van der Waals surface area contributed by atoms with Crippen molar-refractivity contribution in [1.29, 1.82) is 5.41 Å². The van der Waals surface area contributed by atoms with Gasteiger partial charge in [0.1, 0.15) is 22.4 Å². The third-order valence-electron chi connectivity index (χ3n) is 4.49. The third kappa shape index (κ3) is 3.51. The van der Waals surface area contributed by atoms with E-state index in [2.05, 4.69) is 11.9 Å². The summed E-state index contributed by atoms with van der Waals surface area (Å²) in [5.41, 5.74) is 3.18. The normalized spacial score (nSPS) is 14.0. The lowest BCUT2D eigenvalue weighted by atomic mass is 10.2. The lowest BCUT2D eigenvalue weighted by molar-refractivity contribution is 0.317. The van der Waals surface area contributed by atoms with Crippen LogP contribution < -0.4 is 9.64 Å². The lowest BCUT2D eigenvalue weighted by Crippen LogP contribution is -2.26. The van der Waals surface area contributed by atoms with E-state index in [-0.39, 0.29) is 18.1 Å². The number of thiazole rings is 1. The molecule has 142 valence electrons. The summed E-state index contributed by atoms with van der Waals surface area (Å²) in [6.45, 7) is 2.97. The van der Waals surface area contributed by atoms with Gasteiger partial charge in [0.2, 0.25) is 0 Å². The Morgan fingerprint density at radius 3 is 2.79 bits per heavy atom. The fourth-order valence-corrected chi connectivity index (χ4v) is 4.01. The molecule has 1 aliphatic heterocycles. The van der Waals surface area contributed by atoms with Crippen LogP contribution >= 0.6 is 11.3 Å². The van der Waals surface area contributed by atoms with Crippen LogP contribution in [0, 0.1) is 5.41 Å². The molecule has 0 saturated heterocycles. The number of rotatable bonds is 6. The van der Waals surface area contributed by atoms with Gasteiger partial charge in [-0.25, -0.2) is 4.98 Å². The second-order valence-corrected chi connectivity index (χ2v) is 7.36. The Kier molecular flexibility index (Phi) is 5.12. The SMILES string of the molecule is CCCOc1cccc(N2CC(O)=C(c3nc(-c4ccccc4)cs3)C2=N)c1. The van der Waals surface area contributed by atoms with Crippen molar-refractivity contribution >= 4 is 28.4 Å². The molecular weight excluding hydrogens is 370 g/mol. The zero-order valence-corrected chi connectivity index (χ0v) is 16.4. The minimum atomic E-state index is 0.166. The van der Waals surface area contributed by atoms with E-state index >= 15 is 0 Å². The van der Waals surface area contributed by atoms with Crippen molar-refractivity contribution in [3.05, 3.63) is 70.7 Å². The fraction of sp³-hybridized carbons (Fsp3) is 0.182. The van der Waals surface area contributed by atoms with E-state index in [0.717, 1.165) is 29.1 Å². The number of aliphatic hydroxyl groups is 1. The van der Waals surface area contributed by atoms with Crippen molar-refractivity contribution in [2.45, 2.75) is 13.3 Å². The smallest absolute Gasteiger partial charge is 0.139 e. The molecule has 1 aromatic heterocycles. The molecule has 6 heteroatoms. The Morgan fingerprint density at radius 2 is 2.00 bits per heavy atom. The Hall–Kier alpha value is -3.12. The van der Waals surface area contributed by atoms with E-state index in [1.807, 2.05) is 60.0 Å². The van der Waals surface area contributed by atoms with Crippen molar-refractivity contribution < 1.29 is 9.84 Å². The number of amidine groups is 1. The van der Waals surface area contributed by atoms with Crippen molar-refractivity contribution in [3.63, 3.8) is 0 Å². The van der Waals surface area contributed by atoms with Gasteiger partial charge in [0.05, 0.1) is 24.4 Å². The number of anilines is 1. The predicted molar refractivity (Wildman–Crippen MR) is 114 cm³/mol. The van der Waals surface area contributed by atoms with E-state index < -0.39 is 0 Å². The molecular formula is C22H21N3O2S. The summed E-state index contributed by atoms with van der Waals surface area (Å²) in [6, 6.07) is 17.5. The second kappa shape index (κ2) is 7.86. The standard InChI is InChI=1S/C22H21N3O2S/c1-2-11-27-17-10-6-9-16(12-17)25-13-19(26)20(21(25)23)22-24-18(14-28-22)15-7-4-3-5-8-15/h3-10,12,14,23,26H,2,11,13H2,1H3. The monoisotopic (exact) mass is 391 g/mol. The molecule has 0 aliphatic carbocycles. The highest BCUT2D eigenvalue weighted by Gasteiger charge is 2.31. The molecule has 0 unspecified atom stereocenters. The molecule has 1 aliphatic rings. The van der Waals surface area contributed by atoms with Crippen LogP contribution in [-0.2, 0) is 0 Å². The average Bonchev–Trinajstić information content (AvgIpc) is 3.31. The number of ether oxygens (including phenoxy) is 1. The maximum Gasteiger partial charge on any atom is 0.139 e. The maximum absolute atomic E-state index is 10.6. The molecule has 0 bridgehead atoms. The Morgan fingerprint density at radius 1 is 1.18 bits per heavy atom. The molecule has 2 heterocycles. The van der Waals surface area contributed by atoms with Crippen LogP contribution in [0.15, 0.2) is 65.7 Å². The molecule has 0 spiro atoms. The molecule has 0 amide bonds. The topological polar surface area (TPSA) is 69.4 Å². The highest BCUT2D eigenvalue weighted by atomic mass is 32.1. The van der Waals surface area contributed by atoms with E-state index in [1.54, 1.807) is 4.90 Å². The zero-order chi connectivity index (χ0) is 19.5. The van der Waals surface area contributed by atoms with Gasteiger partial charge in [0.15, 0.2) is 0 Å². The number of aliphatic hydroxyl groups excluding tert-OH is 1. The van der Waals surface area contributed by atoms with Crippen LogP contribution in [0.2, 0.25) is 0 Å². The predicted octanol–water partition coefficient (Wildman–Crippen LogP) is 5.37. The van der Waals surface area contributed by atoms with E-state index in [4.69, 9.17) is 10.1 Å². The lowest BCUT2D eigenvalue weighted by Gasteiger charge is -2.19. The van der Waals surface area contributed by atoms with E-state index in [0.29, 0.717) is 17.2 Å². The molecule has 5 nitrogen and oxygen atoms in total. The zero-order valence-electron chi connectivity index (χ0n) is 15.6. The number of benzene rings is 2. The van der Waals surface area contributed by atoms with Crippen LogP contribution in [0.4, 0.5) is 5.69 Å². The first-order valence-corrected chi connectivity index (χ1v) is 10.1. The summed E-state index contributed by atoms with van der Waals surface area (Å²) in [5.74, 6) is 1.18. The minimum Gasteiger partial charge on any atom is -0.510 e. The average molecular weight is 391 g/mol. The summed E-state index contributed by atoms with van der Waals surface area (Å²) in [4.78, 5) is 6.43. The van der Waals surface area contributed by atoms with Crippen molar-refractivity contribution in [2.75, 3.05) is 18.1 Å².